The van der Waals surface area contributed by atoms with Gasteiger partial charge in [-0.25, -0.2) is 0 Å². The van der Waals surface area contributed by atoms with Crippen LogP contribution >= 0.6 is 0 Å². The lowest BCUT2D eigenvalue weighted by Gasteiger charge is -2.33. The molecule has 1 aromatic rings. The molecule has 124 valence electrons. The van der Waals surface area contributed by atoms with Crippen LogP contribution < -0.4 is 5.32 Å². The van der Waals surface area contributed by atoms with Gasteiger partial charge in [0.2, 0.25) is 11.8 Å². The van der Waals surface area contributed by atoms with Crippen molar-refractivity contribution < 1.29 is 14.3 Å². The highest BCUT2D eigenvalue weighted by Gasteiger charge is 2.38. The van der Waals surface area contributed by atoms with E-state index in [1.165, 1.54) is 0 Å². The Kier molecular flexibility index (Phi) is 4.96. The van der Waals surface area contributed by atoms with Crippen LogP contribution in [0.25, 0.3) is 0 Å². The molecule has 23 heavy (non-hydrogen) atoms. The van der Waals surface area contributed by atoms with Crippen LogP contribution in [0.3, 0.4) is 0 Å². The molecule has 0 spiro atoms. The van der Waals surface area contributed by atoms with Crippen molar-refractivity contribution in [2.24, 2.45) is 5.92 Å². The lowest BCUT2D eigenvalue weighted by Crippen LogP contribution is -2.54. The number of amides is 2. The number of carbonyl (C=O) groups is 2. The summed E-state index contributed by atoms with van der Waals surface area (Å²) in [6.45, 7) is 1.35. The first kappa shape index (κ1) is 16.0. The van der Waals surface area contributed by atoms with E-state index in [2.05, 4.69) is 5.32 Å². The second-order valence-electron chi connectivity index (χ2n) is 6.44. The normalized spacial score (nSPS) is 22.7. The molecule has 2 fully saturated rings. The fraction of sp³-hybridized carbons (Fsp3) is 0.556. The van der Waals surface area contributed by atoms with E-state index in [1.807, 2.05) is 35.2 Å². The Morgan fingerprint density at radius 2 is 2.04 bits per heavy atom. The average Bonchev–Trinajstić information content (AvgIpc) is 3.38. The Labute approximate surface area is 137 Å². The van der Waals surface area contributed by atoms with Gasteiger partial charge in [-0.05, 0) is 37.2 Å². The highest BCUT2D eigenvalue weighted by atomic mass is 16.5. The molecule has 1 aliphatic carbocycles. The summed E-state index contributed by atoms with van der Waals surface area (Å²) in [6.07, 6.45) is 3.27. The molecule has 1 aliphatic heterocycles. The van der Waals surface area contributed by atoms with Gasteiger partial charge in [0.15, 0.2) is 0 Å². The zero-order valence-corrected chi connectivity index (χ0v) is 13.5. The van der Waals surface area contributed by atoms with Crippen LogP contribution in [0.5, 0.6) is 0 Å². The standard InChI is InChI=1S/C18H24N2O3/c1-23-16(14-9-10-14)17(21)19-15-8-5-11-20(18(15)22)12-13-6-3-2-4-7-13/h2-4,6-7,14-16H,5,8-12H2,1H3,(H,19,21)/t15-,16-/m1/s1. The summed E-state index contributed by atoms with van der Waals surface area (Å²) >= 11 is 0. The summed E-state index contributed by atoms with van der Waals surface area (Å²) in [5, 5.41) is 2.90. The van der Waals surface area contributed by atoms with E-state index >= 15 is 0 Å². The molecule has 5 heteroatoms. The molecule has 0 bridgehead atoms. The van der Waals surface area contributed by atoms with Gasteiger partial charge in [0.1, 0.15) is 12.1 Å². The van der Waals surface area contributed by atoms with Crippen molar-refractivity contribution in [3.05, 3.63) is 35.9 Å². The summed E-state index contributed by atoms with van der Waals surface area (Å²) in [4.78, 5) is 26.8. The minimum atomic E-state index is -0.420. The van der Waals surface area contributed by atoms with Crippen LogP contribution in [0, 0.1) is 5.92 Å². The van der Waals surface area contributed by atoms with E-state index in [4.69, 9.17) is 4.74 Å². The second kappa shape index (κ2) is 7.13. The van der Waals surface area contributed by atoms with Crippen molar-refractivity contribution in [3.63, 3.8) is 0 Å². The van der Waals surface area contributed by atoms with Crippen LogP contribution in [0.1, 0.15) is 31.2 Å². The molecule has 0 aromatic heterocycles. The smallest absolute Gasteiger partial charge is 0.250 e. The van der Waals surface area contributed by atoms with Crippen LogP contribution in [0.15, 0.2) is 30.3 Å². The summed E-state index contributed by atoms with van der Waals surface area (Å²) in [7, 11) is 1.56. The van der Waals surface area contributed by atoms with Crippen LogP contribution in [-0.4, -0.2) is 42.5 Å². The molecular formula is C18H24N2O3. The Morgan fingerprint density at radius 1 is 1.30 bits per heavy atom. The predicted octanol–water partition coefficient (Wildman–Crippen LogP) is 1.72. The van der Waals surface area contributed by atoms with Gasteiger partial charge in [-0.15, -0.1) is 0 Å². The molecule has 5 nitrogen and oxygen atoms in total. The quantitative estimate of drug-likeness (QED) is 0.869. The third-order valence-corrected chi connectivity index (χ3v) is 4.63. The Bertz CT molecular complexity index is 557. The first-order valence-corrected chi connectivity index (χ1v) is 8.35. The Balaban J connectivity index is 1.59. The summed E-state index contributed by atoms with van der Waals surface area (Å²) in [5.74, 6) is 0.188. The van der Waals surface area contributed by atoms with Crippen molar-refractivity contribution in [2.45, 2.75) is 44.4 Å². The number of ether oxygens (including phenoxy) is 1. The SMILES string of the molecule is CO[C@@H](C(=O)N[C@@H]1CCCN(Cc2ccccc2)C1=O)C1CC1. The fourth-order valence-corrected chi connectivity index (χ4v) is 3.20. The Hall–Kier alpha value is -1.88. The van der Waals surface area contributed by atoms with Gasteiger partial charge >= 0.3 is 0 Å². The third kappa shape index (κ3) is 3.91. The highest BCUT2D eigenvalue weighted by molar-refractivity contribution is 5.90. The number of likely N-dealkylation sites (tertiary alicyclic amines) is 1. The highest BCUT2D eigenvalue weighted by Crippen LogP contribution is 2.34. The molecule has 1 heterocycles. The van der Waals surface area contributed by atoms with Gasteiger partial charge in [-0.1, -0.05) is 30.3 Å². The second-order valence-corrected chi connectivity index (χ2v) is 6.44. The molecule has 0 unspecified atom stereocenters. The minimum Gasteiger partial charge on any atom is -0.371 e. The van der Waals surface area contributed by atoms with Crippen molar-refractivity contribution >= 4 is 11.8 Å². The molecular weight excluding hydrogens is 292 g/mol. The number of piperidine rings is 1. The molecule has 3 rings (SSSR count). The predicted molar refractivity (Wildman–Crippen MR) is 86.5 cm³/mol. The van der Waals surface area contributed by atoms with Gasteiger partial charge in [-0.3, -0.25) is 9.59 Å². The van der Waals surface area contributed by atoms with Crippen molar-refractivity contribution in [1.29, 1.82) is 0 Å². The molecule has 1 saturated carbocycles. The largest absolute Gasteiger partial charge is 0.371 e. The molecule has 2 atom stereocenters. The number of methoxy groups -OCH3 is 1. The van der Waals surface area contributed by atoms with Crippen LogP contribution in [-0.2, 0) is 20.9 Å². The van der Waals surface area contributed by atoms with Gasteiger partial charge in [-0.2, -0.15) is 0 Å². The van der Waals surface area contributed by atoms with E-state index < -0.39 is 12.1 Å². The maximum absolute atomic E-state index is 12.6. The van der Waals surface area contributed by atoms with E-state index in [0.29, 0.717) is 18.9 Å². The lowest BCUT2D eigenvalue weighted by atomic mass is 10.0. The summed E-state index contributed by atoms with van der Waals surface area (Å²) in [6, 6.07) is 9.53. The van der Waals surface area contributed by atoms with Crippen molar-refractivity contribution in [1.82, 2.24) is 10.2 Å². The fourth-order valence-electron chi connectivity index (χ4n) is 3.20. The number of nitrogens with zero attached hydrogens (tertiary/aromatic N) is 1. The molecule has 1 N–H and O–H groups in total. The van der Waals surface area contributed by atoms with Gasteiger partial charge in [0.25, 0.3) is 0 Å². The summed E-state index contributed by atoms with van der Waals surface area (Å²) in [5.41, 5.74) is 1.11. The molecule has 0 radical (unpaired) electrons. The van der Waals surface area contributed by atoms with Gasteiger partial charge in [0.05, 0.1) is 0 Å². The topological polar surface area (TPSA) is 58.6 Å². The number of carbonyl (C=O) groups excluding carboxylic acids is 2. The number of benzene rings is 1. The molecule has 2 amide bonds. The number of rotatable bonds is 6. The number of hydrogen-bond donors (Lipinski definition) is 1. The van der Waals surface area contributed by atoms with E-state index in [1.54, 1.807) is 7.11 Å². The first-order valence-electron chi connectivity index (χ1n) is 8.35. The maximum Gasteiger partial charge on any atom is 0.250 e. The molecule has 2 aliphatic rings. The molecule has 1 aromatic carbocycles. The minimum absolute atomic E-state index is 0.0131. The summed E-state index contributed by atoms with van der Waals surface area (Å²) < 4.78 is 5.30. The third-order valence-electron chi connectivity index (χ3n) is 4.63. The lowest BCUT2D eigenvalue weighted by molar-refractivity contribution is -0.142. The Morgan fingerprint density at radius 3 is 2.70 bits per heavy atom. The van der Waals surface area contributed by atoms with Crippen molar-refractivity contribution in [3.8, 4) is 0 Å². The maximum atomic E-state index is 12.6. The van der Waals surface area contributed by atoms with Gasteiger partial charge < -0.3 is 15.0 Å². The molecule has 1 saturated heterocycles. The van der Waals surface area contributed by atoms with E-state index in [-0.39, 0.29) is 11.8 Å². The van der Waals surface area contributed by atoms with E-state index in [9.17, 15) is 9.59 Å². The zero-order valence-electron chi connectivity index (χ0n) is 13.5. The van der Waals surface area contributed by atoms with Gasteiger partial charge in [0, 0.05) is 20.2 Å². The van der Waals surface area contributed by atoms with Crippen molar-refractivity contribution in [2.75, 3.05) is 13.7 Å². The van der Waals surface area contributed by atoms with Crippen LogP contribution in [0.2, 0.25) is 0 Å². The van der Waals surface area contributed by atoms with E-state index in [0.717, 1.165) is 31.4 Å². The average molecular weight is 316 g/mol. The first-order chi connectivity index (χ1) is 11.2. The van der Waals surface area contributed by atoms with Crippen LogP contribution in [0.4, 0.5) is 0 Å². The number of nitrogens with one attached hydrogen (secondary N) is 1. The number of hydrogen-bond acceptors (Lipinski definition) is 3. The zero-order chi connectivity index (χ0) is 16.2. The monoisotopic (exact) mass is 316 g/mol.